The van der Waals surface area contributed by atoms with Crippen LogP contribution < -0.4 is 15.6 Å². The number of rotatable bonds is 8. The van der Waals surface area contributed by atoms with E-state index in [4.69, 9.17) is 4.74 Å². The van der Waals surface area contributed by atoms with Gasteiger partial charge in [0.15, 0.2) is 0 Å². The van der Waals surface area contributed by atoms with Gasteiger partial charge in [0.1, 0.15) is 5.75 Å². The molecule has 0 fully saturated rings. The number of aromatic amines is 1. The summed E-state index contributed by atoms with van der Waals surface area (Å²) in [5, 5.41) is 3.85. The standard InChI is InChI=1S/C23H26N2O3/c1-16-6-8-17(9-7-16)4-3-5-22(26)24-13-12-19-14-18-10-11-20(28-2)15-21(18)25-23(19)27/h6-11,14-15H,3-5,12-13H2,1-2H3,(H,24,26)(H,25,27). The quantitative estimate of drug-likeness (QED) is 0.630. The van der Waals surface area contributed by atoms with E-state index in [1.54, 1.807) is 13.2 Å². The maximum Gasteiger partial charge on any atom is 0.251 e. The third kappa shape index (κ3) is 5.22. The zero-order chi connectivity index (χ0) is 19.9. The van der Waals surface area contributed by atoms with E-state index < -0.39 is 0 Å². The first-order valence-corrected chi connectivity index (χ1v) is 9.57. The van der Waals surface area contributed by atoms with Gasteiger partial charge in [-0.3, -0.25) is 9.59 Å². The maximum atomic E-state index is 12.3. The molecule has 5 heteroatoms. The molecule has 1 amide bonds. The summed E-state index contributed by atoms with van der Waals surface area (Å²) in [7, 11) is 1.59. The Morgan fingerprint density at radius 1 is 1.07 bits per heavy atom. The normalized spacial score (nSPS) is 10.8. The summed E-state index contributed by atoms with van der Waals surface area (Å²) in [6, 6.07) is 15.8. The minimum Gasteiger partial charge on any atom is -0.497 e. The van der Waals surface area contributed by atoms with E-state index in [0.717, 1.165) is 23.7 Å². The van der Waals surface area contributed by atoms with Crippen molar-refractivity contribution in [2.24, 2.45) is 0 Å². The average Bonchev–Trinajstić information content (AvgIpc) is 2.69. The van der Waals surface area contributed by atoms with Crippen molar-refractivity contribution in [1.82, 2.24) is 10.3 Å². The second-order valence-corrected chi connectivity index (χ2v) is 7.02. The molecule has 3 rings (SSSR count). The molecular formula is C23H26N2O3. The Balaban J connectivity index is 1.47. The Labute approximate surface area is 164 Å². The Morgan fingerprint density at radius 2 is 1.86 bits per heavy atom. The highest BCUT2D eigenvalue weighted by molar-refractivity contribution is 5.80. The van der Waals surface area contributed by atoms with E-state index in [1.165, 1.54) is 11.1 Å². The largest absolute Gasteiger partial charge is 0.497 e. The number of aryl methyl sites for hydroxylation is 2. The van der Waals surface area contributed by atoms with E-state index in [-0.39, 0.29) is 11.5 Å². The first-order valence-electron chi connectivity index (χ1n) is 9.57. The van der Waals surface area contributed by atoms with Crippen molar-refractivity contribution < 1.29 is 9.53 Å². The third-order valence-electron chi connectivity index (χ3n) is 4.84. The van der Waals surface area contributed by atoms with Crippen LogP contribution in [-0.4, -0.2) is 24.5 Å². The highest BCUT2D eigenvalue weighted by atomic mass is 16.5. The van der Waals surface area contributed by atoms with Gasteiger partial charge >= 0.3 is 0 Å². The lowest BCUT2D eigenvalue weighted by molar-refractivity contribution is -0.121. The number of aromatic nitrogens is 1. The van der Waals surface area contributed by atoms with Gasteiger partial charge in [-0.2, -0.15) is 0 Å². The molecule has 1 aromatic heterocycles. The number of carbonyl (C=O) groups is 1. The molecule has 0 unspecified atom stereocenters. The van der Waals surface area contributed by atoms with Crippen molar-refractivity contribution in [2.75, 3.05) is 13.7 Å². The van der Waals surface area contributed by atoms with E-state index in [0.29, 0.717) is 30.7 Å². The van der Waals surface area contributed by atoms with Gasteiger partial charge < -0.3 is 15.0 Å². The fourth-order valence-corrected chi connectivity index (χ4v) is 3.17. The van der Waals surface area contributed by atoms with E-state index in [1.807, 2.05) is 18.2 Å². The van der Waals surface area contributed by atoms with Gasteiger partial charge in [0.25, 0.3) is 5.56 Å². The summed E-state index contributed by atoms with van der Waals surface area (Å²) in [4.78, 5) is 27.2. The zero-order valence-electron chi connectivity index (χ0n) is 16.4. The summed E-state index contributed by atoms with van der Waals surface area (Å²) in [6.07, 6.45) is 2.69. The molecule has 28 heavy (non-hydrogen) atoms. The molecular weight excluding hydrogens is 352 g/mol. The number of nitrogens with one attached hydrogen (secondary N) is 2. The van der Waals surface area contributed by atoms with Gasteiger partial charge in [0.2, 0.25) is 5.91 Å². The maximum absolute atomic E-state index is 12.3. The van der Waals surface area contributed by atoms with Crippen LogP contribution in [0.2, 0.25) is 0 Å². The van der Waals surface area contributed by atoms with Crippen molar-refractivity contribution in [1.29, 1.82) is 0 Å². The number of hydrogen-bond acceptors (Lipinski definition) is 3. The number of carbonyl (C=O) groups excluding carboxylic acids is 1. The summed E-state index contributed by atoms with van der Waals surface area (Å²) in [6.45, 7) is 2.52. The molecule has 0 aliphatic carbocycles. The van der Waals surface area contributed by atoms with E-state index in [9.17, 15) is 9.59 Å². The predicted octanol–water partition coefficient (Wildman–Crippen LogP) is 3.53. The number of amides is 1. The Bertz CT molecular complexity index is 1010. The third-order valence-corrected chi connectivity index (χ3v) is 4.84. The molecule has 1 heterocycles. The monoisotopic (exact) mass is 378 g/mol. The lowest BCUT2D eigenvalue weighted by Gasteiger charge is -2.07. The van der Waals surface area contributed by atoms with E-state index >= 15 is 0 Å². The van der Waals surface area contributed by atoms with Crippen molar-refractivity contribution in [3.63, 3.8) is 0 Å². The molecule has 0 saturated heterocycles. The van der Waals surface area contributed by atoms with Crippen molar-refractivity contribution in [2.45, 2.75) is 32.6 Å². The fraction of sp³-hybridized carbons (Fsp3) is 0.304. The van der Waals surface area contributed by atoms with Crippen LogP contribution in [0.5, 0.6) is 5.75 Å². The number of benzene rings is 2. The molecule has 2 N–H and O–H groups in total. The lowest BCUT2D eigenvalue weighted by atomic mass is 10.1. The molecule has 0 bridgehead atoms. The molecule has 0 aliphatic heterocycles. The topological polar surface area (TPSA) is 71.2 Å². The second kappa shape index (κ2) is 9.22. The summed E-state index contributed by atoms with van der Waals surface area (Å²) < 4.78 is 5.18. The van der Waals surface area contributed by atoms with Crippen LogP contribution >= 0.6 is 0 Å². The zero-order valence-corrected chi connectivity index (χ0v) is 16.4. The Hall–Kier alpha value is -3.08. The van der Waals surface area contributed by atoms with Gasteiger partial charge in [0, 0.05) is 24.6 Å². The smallest absolute Gasteiger partial charge is 0.251 e. The average molecular weight is 378 g/mol. The first-order chi connectivity index (χ1) is 13.5. The number of methoxy groups -OCH3 is 1. The molecule has 0 aliphatic rings. The molecule has 2 aromatic carbocycles. The van der Waals surface area contributed by atoms with Gasteiger partial charge in [-0.05, 0) is 55.3 Å². The minimum absolute atomic E-state index is 0.0223. The number of fused-ring (bicyclic) bond motifs is 1. The van der Waals surface area contributed by atoms with Crippen molar-refractivity contribution in [3.8, 4) is 5.75 Å². The molecule has 0 radical (unpaired) electrons. The van der Waals surface area contributed by atoms with Gasteiger partial charge in [0.05, 0.1) is 12.6 Å². The molecule has 3 aromatic rings. The van der Waals surface area contributed by atoms with Gasteiger partial charge in [-0.1, -0.05) is 29.8 Å². The SMILES string of the molecule is COc1ccc2cc(CCNC(=O)CCCc3ccc(C)cc3)c(=O)[nH]c2c1. The molecule has 0 atom stereocenters. The number of pyridine rings is 1. The number of ether oxygens (including phenoxy) is 1. The van der Waals surface area contributed by atoms with Crippen LogP contribution in [0.15, 0.2) is 53.3 Å². The van der Waals surface area contributed by atoms with Crippen LogP contribution in [0.25, 0.3) is 10.9 Å². The Kier molecular flexibility index (Phi) is 6.48. The summed E-state index contributed by atoms with van der Waals surface area (Å²) in [5.74, 6) is 0.725. The van der Waals surface area contributed by atoms with Crippen LogP contribution in [-0.2, 0) is 17.6 Å². The summed E-state index contributed by atoms with van der Waals surface area (Å²) in [5.41, 5.74) is 3.77. The number of H-pyrrole nitrogens is 1. The van der Waals surface area contributed by atoms with Crippen LogP contribution in [0, 0.1) is 6.92 Å². The highest BCUT2D eigenvalue weighted by Gasteiger charge is 2.06. The van der Waals surface area contributed by atoms with Crippen LogP contribution in [0.4, 0.5) is 0 Å². The molecule has 146 valence electrons. The van der Waals surface area contributed by atoms with Crippen molar-refractivity contribution in [3.05, 3.63) is 75.6 Å². The van der Waals surface area contributed by atoms with E-state index in [2.05, 4.69) is 41.5 Å². The minimum atomic E-state index is -0.130. The highest BCUT2D eigenvalue weighted by Crippen LogP contribution is 2.18. The number of hydrogen-bond donors (Lipinski definition) is 2. The fourth-order valence-electron chi connectivity index (χ4n) is 3.17. The van der Waals surface area contributed by atoms with Gasteiger partial charge in [-0.25, -0.2) is 0 Å². The van der Waals surface area contributed by atoms with Crippen molar-refractivity contribution >= 4 is 16.8 Å². The van der Waals surface area contributed by atoms with Crippen LogP contribution in [0.3, 0.4) is 0 Å². The predicted molar refractivity (Wildman–Crippen MR) is 112 cm³/mol. The molecule has 0 saturated carbocycles. The lowest BCUT2D eigenvalue weighted by Crippen LogP contribution is -2.27. The molecule has 5 nitrogen and oxygen atoms in total. The second-order valence-electron chi connectivity index (χ2n) is 7.02. The summed E-state index contributed by atoms with van der Waals surface area (Å²) >= 11 is 0. The van der Waals surface area contributed by atoms with Crippen LogP contribution in [0.1, 0.15) is 29.5 Å². The molecule has 0 spiro atoms. The Morgan fingerprint density at radius 3 is 2.61 bits per heavy atom. The first kappa shape index (κ1) is 19.7. The van der Waals surface area contributed by atoms with Gasteiger partial charge in [-0.15, -0.1) is 0 Å².